The first-order chi connectivity index (χ1) is 10.5. The molecule has 0 aliphatic carbocycles. The predicted molar refractivity (Wildman–Crippen MR) is 84.3 cm³/mol. The van der Waals surface area contributed by atoms with E-state index in [2.05, 4.69) is 15.0 Å². The predicted octanol–water partition coefficient (Wildman–Crippen LogP) is -0.355. The minimum Gasteiger partial charge on any atom is -0.396 e. The largest absolute Gasteiger partial charge is 0.396 e. The van der Waals surface area contributed by atoms with Crippen molar-refractivity contribution in [3.05, 3.63) is 22.1 Å². The molecule has 8 nitrogen and oxygen atoms in total. The highest BCUT2D eigenvalue weighted by Gasteiger charge is 2.18. The summed E-state index contributed by atoms with van der Waals surface area (Å²) in [6.45, 7) is 5.41. The first-order valence-electron chi connectivity index (χ1n) is 7.33. The molecule has 122 valence electrons. The highest BCUT2D eigenvalue weighted by atomic mass is 16.3. The lowest BCUT2D eigenvalue weighted by Gasteiger charge is -2.25. The maximum absolute atomic E-state index is 11.8. The summed E-state index contributed by atoms with van der Waals surface area (Å²) < 4.78 is 0. The summed E-state index contributed by atoms with van der Waals surface area (Å²) in [5, 5.41) is 19.2. The van der Waals surface area contributed by atoms with Gasteiger partial charge in [-0.25, -0.2) is 4.98 Å². The first-order valence-corrected chi connectivity index (χ1v) is 7.33. The van der Waals surface area contributed by atoms with E-state index in [1.54, 1.807) is 13.1 Å². The molecule has 2 aromatic rings. The van der Waals surface area contributed by atoms with E-state index in [9.17, 15) is 9.90 Å². The topological polar surface area (TPSA) is 131 Å². The molecular formula is C14H23N5O3. The third-order valence-electron chi connectivity index (χ3n) is 3.86. The van der Waals surface area contributed by atoms with Gasteiger partial charge in [0.25, 0.3) is 5.56 Å². The van der Waals surface area contributed by atoms with Gasteiger partial charge in [-0.1, -0.05) is 13.8 Å². The van der Waals surface area contributed by atoms with Crippen LogP contribution in [-0.2, 0) is 6.54 Å². The number of hydrogen-bond donors (Lipinski definition) is 5. The maximum Gasteiger partial charge on any atom is 0.276 e. The normalized spacial score (nSPS) is 14.6. The van der Waals surface area contributed by atoms with Crippen molar-refractivity contribution in [3.8, 4) is 0 Å². The Balaban J connectivity index is 2.20. The Hall–Kier alpha value is -1.90. The van der Waals surface area contributed by atoms with E-state index in [1.165, 1.54) is 0 Å². The number of rotatable bonds is 7. The number of nitrogen functional groups attached to an aromatic ring is 1. The van der Waals surface area contributed by atoms with Gasteiger partial charge in [0.15, 0.2) is 0 Å². The van der Waals surface area contributed by atoms with Crippen LogP contribution in [0.3, 0.4) is 0 Å². The standard InChI is InChI=1S/C14H23N5O3/c1-3-19(6-10(21)8(2)7-20)5-9-4-16-12-11(9)17-14(15)18-13(12)22/h4,8,10,16,20-21H,3,5-7H2,1-2H3,(H3,15,17,18,22). The molecule has 0 aliphatic rings. The SMILES string of the molecule is CCN(Cc1c[nH]c2c(=O)[nH]c(N)nc12)CC(O)C(C)CO. The monoisotopic (exact) mass is 309 g/mol. The number of fused-ring (bicyclic) bond motifs is 1. The summed E-state index contributed by atoms with van der Waals surface area (Å²) in [4.78, 5) is 23.3. The first kappa shape index (κ1) is 16.5. The minimum absolute atomic E-state index is 0.0563. The number of nitrogens with zero attached hydrogens (tertiary/aromatic N) is 2. The van der Waals surface area contributed by atoms with Crippen molar-refractivity contribution in [2.45, 2.75) is 26.5 Å². The van der Waals surface area contributed by atoms with Crippen LogP contribution in [0.5, 0.6) is 0 Å². The van der Waals surface area contributed by atoms with Crippen LogP contribution < -0.4 is 11.3 Å². The van der Waals surface area contributed by atoms with Crippen LogP contribution in [0, 0.1) is 5.92 Å². The highest BCUT2D eigenvalue weighted by Crippen LogP contribution is 2.16. The molecule has 0 bridgehead atoms. The Labute approximate surface area is 128 Å². The third kappa shape index (κ3) is 3.46. The smallest absolute Gasteiger partial charge is 0.276 e. The van der Waals surface area contributed by atoms with Crippen molar-refractivity contribution in [1.29, 1.82) is 0 Å². The van der Waals surface area contributed by atoms with Gasteiger partial charge in [-0.3, -0.25) is 14.7 Å². The Morgan fingerprint density at radius 2 is 2.23 bits per heavy atom. The molecule has 0 amide bonds. The Kier molecular flexibility index (Phi) is 5.17. The molecule has 6 N–H and O–H groups in total. The number of likely N-dealkylation sites (N-methyl/N-ethyl adjacent to an activating group) is 1. The van der Waals surface area contributed by atoms with Crippen molar-refractivity contribution >= 4 is 17.0 Å². The maximum atomic E-state index is 11.8. The molecule has 0 saturated carbocycles. The number of aromatic nitrogens is 3. The number of aliphatic hydroxyl groups is 2. The third-order valence-corrected chi connectivity index (χ3v) is 3.86. The second-order valence-electron chi connectivity index (χ2n) is 5.54. The lowest BCUT2D eigenvalue weighted by molar-refractivity contribution is 0.0437. The van der Waals surface area contributed by atoms with Gasteiger partial charge in [-0.05, 0) is 6.54 Å². The summed E-state index contributed by atoms with van der Waals surface area (Å²) >= 11 is 0. The Morgan fingerprint density at radius 3 is 2.86 bits per heavy atom. The van der Waals surface area contributed by atoms with Crippen LogP contribution in [-0.4, -0.2) is 55.9 Å². The van der Waals surface area contributed by atoms with Gasteiger partial charge in [-0.15, -0.1) is 0 Å². The zero-order valence-electron chi connectivity index (χ0n) is 12.8. The molecule has 0 aromatic carbocycles. The van der Waals surface area contributed by atoms with Gasteiger partial charge in [0.1, 0.15) is 11.0 Å². The van der Waals surface area contributed by atoms with Crippen LogP contribution in [0.2, 0.25) is 0 Å². The van der Waals surface area contributed by atoms with Crippen molar-refractivity contribution in [3.63, 3.8) is 0 Å². The fourth-order valence-electron chi connectivity index (χ4n) is 2.32. The summed E-state index contributed by atoms with van der Waals surface area (Å²) in [5.41, 5.74) is 7.08. The van der Waals surface area contributed by atoms with Gasteiger partial charge in [0.2, 0.25) is 5.95 Å². The highest BCUT2D eigenvalue weighted by molar-refractivity contribution is 5.78. The number of H-pyrrole nitrogens is 2. The second-order valence-corrected chi connectivity index (χ2v) is 5.54. The number of anilines is 1. The fourth-order valence-corrected chi connectivity index (χ4v) is 2.32. The molecule has 2 atom stereocenters. The molecule has 0 fully saturated rings. The van der Waals surface area contributed by atoms with Crippen molar-refractivity contribution in [2.75, 3.05) is 25.4 Å². The summed E-state index contributed by atoms with van der Waals surface area (Å²) in [6, 6.07) is 0. The van der Waals surface area contributed by atoms with E-state index in [1.807, 2.05) is 11.8 Å². The fraction of sp³-hybridized carbons (Fsp3) is 0.571. The van der Waals surface area contributed by atoms with Gasteiger partial charge in [0, 0.05) is 37.4 Å². The van der Waals surface area contributed by atoms with E-state index in [0.29, 0.717) is 24.1 Å². The number of nitrogens with one attached hydrogen (secondary N) is 2. The van der Waals surface area contributed by atoms with Crippen LogP contribution in [0.15, 0.2) is 11.0 Å². The van der Waals surface area contributed by atoms with Crippen LogP contribution in [0.1, 0.15) is 19.4 Å². The Morgan fingerprint density at radius 1 is 1.50 bits per heavy atom. The van der Waals surface area contributed by atoms with Gasteiger partial charge < -0.3 is 20.9 Å². The molecule has 0 aliphatic heterocycles. The lowest BCUT2D eigenvalue weighted by atomic mass is 10.1. The van der Waals surface area contributed by atoms with E-state index in [0.717, 1.165) is 12.1 Å². The second kappa shape index (κ2) is 6.91. The Bertz CT molecular complexity index is 681. The van der Waals surface area contributed by atoms with Gasteiger partial charge in [0.05, 0.1) is 6.10 Å². The molecule has 2 unspecified atom stereocenters. The van der Waals surface area contributed by atoms with Crippen LogP contribution >= 0.6 is 0 Å². The molecule has 0 radical (unpaired) electrons. The molecule has 2 rings (SSSR count). The minimum atomic E-state index is -0.614. The molecule has 22 heavy (non-hydrogen) atoms. The zero-order valence-corrected chi connectivity index (χ0v) is 12.8. The van der Waals surface area contributed by atoms with Crippen LogP contribution in [0.4, 0.5) is 5.95 Å². The number of hydrogen-bond acceptors (Lipinski definition) is 6. The number of nitrogens with two attached hydrogens (primary N) is 1. The van der Waals surface area contributed by atoms with Gasteiger partial charge in [-0.2, -0.15) is 0 Å². The average Bonchev–Trinajstić information content (AvgIpc) is 2.88. The number of aliphatic hydroxyl groups excluding tert-OH is 2. The average molecular weight is 309 g/mol. The van der Waals surface area contributed by atoms with E-state index < -0.39 is 6.10 Å². The van der Waals surface area contributed by atoms with Crippen molar-refractivity contribution in [2.24, 2.45) is 5.92 Å². The zero-order chi connectivity index (χ0) is 16.3. The van der Waals surface area contributed by atoms with E-state index >= 15 is 0 Å². The molecule has 8 heteroatoms. The molecule has 2 heterocycles. The van der Waals surface area contributed by atoms with Gasteiger partial charge >= 0.3 is 0 Å². The molecule has 0 saturated heterocycles. The van der Waals surface area contributed by atoms with Crippen molar-refractivity contribution < 1.29 is 10.2 Å². The molecular weight excluding hydrogens is 286 g/mol. The molecule has 0 spiro atoms. The van der Waals surface area contributed by atoms with E-state index in [4.69, 9.17) is 10.8 Å². The summed E-state index contributed by atoms with van der Waals surface area (Å²) in [7, 11) is 0. The summed E-state index contributed by atoms with van der Waals surface area (Å²) in [6.07, 6.45) is 1.12. The quantitative estimate of drug-likeness (QED) is 0.475. The lowest BCUT2D eigenvalue weighted by Crippen LogP contribution is -2.36. The van der Waals surface area contributed by atoms with Crippen molar-refractivity contribution in [1.82, 2.24) is 19.9 Å². The van der Waals surface area contributed by atoms with Crippen LogP contribution in [0.25, 0.3) is 11.0 Å². The molecule has 2 aromatic heterocycles. The van der Waals surface area contributed by atoms with E-state index in [-0.39, 0.29) is 24.0 Å². The summed E-state index contributed by atoms with van der Waals surface area (Å²) in [5.74, 6) is -0.107. The number of aromatic amines is 2.